The van der Waals surface area contributed by atoms with Crippen molar-refractivity contribution in [2.45, 2.75) is 420 Å². The van der Waals surface area contributed by atoms with Gasteiger partial charge in [0, 0.05) is 25.7 Å². The fourth-order valence-electron chi connectivity index (χ4n) is 11.9. The molecule has 0 aliphatic rings. The second kappa shape index (κ2) is 68.5. The smallest absolute Gasteiger partial charge is 0.462 e. The number of ether oxygens (including phenoxy) is 4. The van der Waals surface area contributed by atoms with Crippen LogP contribution in [0.1, 0.15) is 402 Å². The minimum absolute atomic E-state index is 0.105. The van der Waals surface area contributed by atoms with E-state index in [1.807, 2.05) is 0 Å². The molecule has 7 atom stereocenters. The van der Waals surface area contributed by atoms with E-state index in [9.17, 15) is 43.2 Å². The predicted octanol–water partition coefficient (Wildman–Crippen LogP) is 23.0. The summed E-state index contributed by atoms with van der Waals surface area (Å²) in [5.74, 6) is 0.281. The number of esters is 4. The lowest BCUT2D eigenvalue weighted by Gasteiger charge is -2.21. The van der Waals surface area contributed by atoms with Gasteiger partial charge in [0.2, 0.25) is 0 Å². The number of phosphoric acid groups is 2. The van der Waals surface area contributed by atoms with Gasteiger partial charge in [-0.25, -0.2) is 9.13 Å². The van der Waals surface area contributed by atoms with Crippen molar-refractivity contribution in [3.63, 3.8) is 0 Å². The maximum absolute atomic E-state index is 13.1. The van der Waals surface area contributed by atoms with E-state index in [1.54, 1.807) is 0 Å². The summed E-state index contributed by atoms with van der Waals surface area (Å²) in [4.78, 5) is 72.8. The zero-order valence-electron chi connectivity index (χ0n) is 63.5. The molecule has 0 radical (unpaired) electrons. The topological polar surface area (TPSA) is 237 Å². The monoisotopic (exact) mass is 1420 g/mol. The minimum Gasteiger partial charge on any atom is -0.462 e. The molecule has 0 aliphatic carbocycles. The van der Waals surface area contributed by atoms with Gasteiger partial charge in [0.1, 0.15) is 19.3 Å². The zero-order valence-corrected chi connectivity index (χ0v) is 65.3. The van der Waals surface area contributed by atoms with E-state index in [1.165, 1.54) is 212 Å². The van der Waals surface area contributed by atoms with Crippen molar-refractivity contribution >= 4 is 39.5 Å². The Hall–Kier alpha value is -1.94. The number of carbonyl (C=O) groups is 4. The third-order valence-corrected chi connectivity index (χ3v) is 20.8. The summed E-state index contributed by atoms with van der Waals surface area (Å²) in [6.45, 7) is 12.0. The molecule has 0 bridgehead atoms. The van der Waals surface area contributed by atoms with Gasteiger partial charge in [0.15, 0.2) is 12.2 Å². The Labute approximate surface area is 594 Å². The molecule has 0 aromatic heterocycles. The van der Waals surface area contributed by atoms with Crippen LogP contribution in [-0.2, 0) is 65.4 Å². The lowest BCUT2D eigenvalue weighted by molar-refractivity contribution is -0.161. The highest BCUT2D eigenvalue weighted by Crippen LogP contribution is 2.45. The van der Waals surface area contributed by atoms with E-state index < -0.39 is 97.5 Å². The zero-order chi connectivity index (χ0) is 71.6. The minimum atomic E-state index is -4.96. The summed E-state index contributed by atoms with van der Waals surface area (Å²) in [5.41, 5.74) is 0. The molecule has 97 heavy (non-hydrogen) atoms. The molecule has 0 heterocycles. The van der Waals surface area contributed by atoms with Crippen molar-refractivity contribution in [2.24, 2.45) is 17.8 Å². The van der Waals surface area contributed by atoms with Crippen LogP contribution in [0.25, 0.3) is 0 Å². The molecular formula is C78H152O17P2. The molecule has 0 fully saturated rings. The number of aliphatic hydroxyl groups is 1. The van der Waals surface area contributed by atoms with E-state index in [0.717, 1.165) is 108 Å². The molecule has 0 amide bonds. The Balaban J connectivity index is 5.20. The van der Waals surface area contributed by atoms with Gasteiger partial charge in [-0.3, -0.25) is 37.3 Å². The van der Waals surface area contributed by atoms with Crippen LogP contribution < -0.4 is 0 Å². The molecule has 0 aliphatic heterocycles. The Morgan fingerprint density at radius 1 is 0.299 bits per heavy atom. The largest absolute Gasteiger partial charge is 0.472 e. The lowest BCUT2D eigenvalue weighted by Crippen LogP contribution is -2.30. The Morgan fingerprint density at radius 2 is 0.526 bits per heavy atom. The van der Waals surface area contributed by atoms with Gasteiger partial charge in [0.05, 0.1) is 26.4 Å². The SMILES string of the molecule is CCCCCCCCCCCCC(=O)OC[C@H](COP(=O)(O)OC[C@H](O)COP(=O)(O)OC[C@@H](COC(=O)CCCCCCCCCCCCC(C)CC)OC(=O)CCCCCCCCCCCCCCCCCCCCC(C)CC)OC(=O)CCCCCCCCCCC(C)C. The number of carbonyl (C=O) groups excluding carboxylic acids is 4. The van der Waals surface area contributed by atoms with E-state index >= 15 is 0 Å². The average Bonchev–Trinajstić information content (AvgIpc) is 1.89. The van der Waals surface area contributed by atoms with Gasteiger partial charge < -0.3 is 33.8 Å². The second-order valence-corrected chi connectivity index (χ2v) is 32.0. The molecule has 0 rings (SSSR count). The Bertz CT molecular complexity index is 1890. The average molecular weight is 1420 g/mol. The second-order valence-electron chi connectivity index (χ2n) is 29.1. The van der Waals surface area contributed by atoms with E-state index in [-0.39, 0.29) is 25.7 Å². The molecule has 0 spiro atoms. The molecule has 0 aromatic rings. The first-order chi connectivity index (χ1) is 46.8. The molecule has 17 nitrogen and oxygen atoms in total. The fourth-order valence-corrected chi connectivity index (χ4v) is 13.5. The van der Waals surface area contributed by atoms with Gasteiger partial charge >= 0.3 is 39.5 Å². The third-order valence-electron chi connectivity index (χ3n) is 18.9. The van der Waals surface area contributed by atoms with Crippen LogP contribution in [0.5, 0.6) is 0 Å². The van der Waals surface area contributed by atoms with Crippen LogP contribution in [0.15, 0.2) is 0 Å². The number of phosphoric ester groups is 2. The van der Waals surface area contributed by atoms with Gasteiger partial charge in [-0.1, -0.05) is 350 Å². The van der Waals surface area contributed by atoms with Crippen LogP contribution >= 0.6 is 15.6 Å². The number of hydrogen-bond donors (Lipinski definition) is 3. The van der Waals surface area contributed by atoms with Crippen molar-refractivity contribution in [2.75, 3.05) is 39.6 Å². The fraction of sp³-hybridized carbons (Fsp3) is 0.949. The summed E-state index contributed by atoms with van der Waals surface area (Å²) < 4.78 is 68.5. The molecule has 0 saturated heterocycles. The van der Waals surface area contributed by atoms with E-state index in [2.05, 4.69) is 48.5 Å². The lowest BCUT2D eigenvalue weighted by atomic mass is 9.99. The normalized spacial score (nSPS) is 14.6. The van der Waals surface area contributed by atoms with Crippen LogP contribution in [0.3, 0.4) is 0 Å². The summed E-state index contributed by atoms with van der Waals surface area (Å²) in [5, 5.41) is 10.6. The van der Waals surface area contributed by atoms with Gasteiger partial charge in [-0.15, -0.1) is 0 Å². The van der Waals surface area contributed by atoms with Crippen molar-refractivity contribution in [3.8, 4) is 0 Å². The number of aliphatic hydroxyl groups excluding tert-OH is 1. The standard InChI is InChI=1S/C78H152O17P2/c1-8-11-12-13-14-15-30-38-45-52-59-75(80)88-66-74(95-78(83)62-55-48-41-34-33-35-42-49-56-69(4)5)68-93-97(86,87)91-64-72(79)63-90-96(84,85)92-67-73(65-89-76(81)60-53-46-39-31-27-26-29-37-44-51-58-71(7)10-3)94-77(82)61-54-47-40-32-25-23-21-19-17-16-18-20-22-24-28-36-43-50-57-70(6)9-2/h69-74,79H,8-68H2,1-7H3,(H,84,85)(H,86,87)/t70?,71?,72-,73-,74-/m1/s1. The third kappa shape index (κ3) is 69.5. The highest BCUT2D eigenvalue weighted by atomic mass is 31.2. The summed E-state index contributed by atoms with van der Waals surface area (Å²) in [7, 11) is -9.91. The summed E-state index contributed by atoms with van der Waals surface area (Å²) >= 11 is 0. The first-order valence-electron chi connectivity index (χ1n) is 40.4. The van der Waals surface area contributed by atoms with Crippen molar-refractivity contribution in [3.05, 3.63) is 0 Å². The van der Waals surface area contributed by atoms with Gasteiger partial charge in [-0.05, 0) is 43.4 Å². The van der Waals surface area contributed by atoms with E-state index in [0.29, 0.717) is 25.7 Å². The molecular weight excluding hydrogens is 1270 g/mol. The van der Waals surface area contributed by atoms with Crippen LogP contribution in [0.2, 0.25) is 0 Å². The molecule has 4 unspecified atom stereocenters. The van der Waals surface area contributed by atoms with Gasteiger partial charge in [-0.2, -0.15) is 0 Å². The molecule has 576 valence electrons. The molecule has 19 heteroatoms. The quantitative estimate of drug-likeness (QED) is 0.0222. The Kier molecular flexibility index (Phi) is 67.1. The number of hydrogen-bond acceptors (Lipinski definition) is 15. The predicted molar refractivity (Wildman–Crippen MR) is 395 cm³/mol. The summed E-state index contributed by atoms with van der Waals surface area (Å²) in [6, 6.07) is 0. The van der Waals surface area contributed by atoms with Crippen molar-refractivity contribution in [1.29, 1.82) is 0 Å². The first-order valence-corrected chi connectivity index (χ1v) is 43.4. The van der Waals surface area contributed by atoms with Crippen LogP contribution in [0.4, 0.5) is 0 Å². The van der Waals surface area contributed by atoms with Crippen molar-refractivity contribution in [1.82, 2.24) is 0 Å². The summed E-state index contributed by atoms with van der Waals surface area (Å²) in [6.07, 6.45) is 55.5. The highest BCUT2D eigenvalue weighted by molar-refractivity contribution is 7.47. The molecule has 0 aromatic carbocycles. The Morgan fingerprint density at radius 3 is 0.784 bits per heavy atom. The van der Waals surface area contributed by atoms with E-state index in [4.69, 9.17) is 37.0 Å². The van der Waals surface area contributed by atoms with Gasteiger partial charge in [0.25, 0.3) is 0 Å². The number of rotatable bonds is 76. The molecule has 0 saturated carbocycles. The van der Waals surface area contributed by atoms with Crippen LogP contribution in [-0.4, -0.2) is 96.7 Å². The maximum atomic E-state index is 13.1. The highest BCUT2D eigenvalue weighted by Gasteiger charge is 2.30. The first kappa shape index (κ1) is 95.1. The number of unbranched alkanes of at least 4 members (excludes halogenated alkanes) is 42. The van der Waals surface area contributed by atoms with Crippen LogP contribution in [0, 0.1) is 17.8 Å². The molecule has 3 N–H and O–H groups in total. The maximum Gasteiger partial charge on any atom is 0.472 e. The van der Waals surface area contributed by atoms with Crippen molar-refractivity contribution < 1.29 is 80.2 Å².